The first-order valence-corrected chi connectivity index (χ1v) is 10.5. The molecule has 0 atom stereocenters. The third kappa shape index (κ3) is 6.45. The number of rotatable bonds is 9. The highest BCUT2D eigenvalue weighted by Gasteiger charge is 2.11. The highest BCUT2D eigenvalue weighted by atomic mass is 32.2. The van der Waals surface area contributed by atoms with Crippen molar-refractivity contribution in [1.29, 1.82) is 0 Å². The van der Waals surface area contributed by atoms with Crippen molar-refractivity contribution in [3.63, 3.8) is 0 Å². The lowest BCUT2D eigenvalue weighted by Gasteiger charge is -2.08. The first-order chi connectivity index (χ1) is 15.1. The Bertz CT molecular complexity index is 1050. The largest absolute Gasteiger partial charge is 0.497 e. The van der Waals surface area contributed by atoms with Crippen molar-refractivity contribution < 1.29 is 19.1 Å². The molecule has 8 nitrogen and oxygen atoms in total. The van der Waals surface area contributed by atoms with E-state index in [1.54, 1.807) is 50.7 Å². The fourth-order valence-electron chi connectivity index (χ4n) is 2.60. The summed E-state index contributed by atoms with van der Waals surface area (Å²) in [7, 11) is 1.61. The lowest BCUT2D eigenvalue weighted by Crippen LogP contribution is -2.14. The van der Waals surface area contributed by atoms with Crippen LogP contribution in [0.3, 0.4) is 0 Å². The third-order valence-electron chi connectivity index (χ3n) is 4.09. The number of nitrogens with one attached hydrogen (secondary N) is 1. The Labute approximate surface area is 184 Å². The minimum Gasteiger partial charge on any atom is -0.497 e. The standard InChI is InChI=1S/C22H22N4O4S/c1-3-30-21(28)13-6-16-4-7-17(8-5-16)24-20(27)14-31-22-25-23-15-26(22)18-9-11-19(29-2)12-10-18/h4-13,15H,3,14H2,1-2H3,(H,24,27). The zero-order valence-electron chi connectivity index (χ0n) is 17.1. The van der Waals surface area contributed by atoms with Gasteiger partial charge >= 0.3 is 5.97 Å². The number of anilines is 1. The Morgan fingerprint density at radius 1 is 1.13 bits per heavy atom. The topological polar surface area (TPSA) is 95.3 Å². The minimum absolute atomic E-state index is 0.163. The Balaban J connectivity index is 1.54. The normalized spacial score (nSPS) is 10.8. The first-order valence-electron chi connectivity index (χ1n) is 9.51. The van der Waals surface area contributed by atoms with E-state index in [0.29, 0.717) is 17.5 Å². The van der Waals surface area contributed by atoms with Gasteiger partial charge in [0, 0.05) is 17.5 Å². The Hall–Kier alpha value is -3.59. The van der Waals surface area contributed by atoms with E-state index in [-0.39, 0.29) is 17.6 Å². The monoisotopic (exact) mass is 438 g/mol. The highest BCUT2D eigenvalue weighted by Crippen LogP contribution is 2.22. The van der Waals surface area contributed by atoms with E-state index >= 15 is 0 Å². The summed E-state index contributed by atoms with van der Waals surface area (Å²) in [4.78, 5) is 23.7. The van der Waals surface area contributed by atoms with Crippen LogP contribution in [-0.2, 0) is 14.3 Å². The summed E-state index contributed by atoms with van der Waals surface area (Å²) < 4.78 is 11.8. The predicted molar refractivity (Wildman–Crippen MR) is 119 cm³/mol. The van der Waals surface area contributed by atoms with Gasteiger partial charge in [-0.15, -0.1) is 10.2 Å². The fourth-order valence-corrected chi connectivity index (χ4v) is 3.33. The van der Waals surface area contributed by atoms with E-state index in [0.717, 1.165) is 17.0 Å². The number of amides is 1. The molecule has 0 aliphatic heterocycles. The van der Waals surface area contributed by atoms with Gasteiger partial charge in [0.05, 0.1) is 19.5 Å². The molecule has 3 aromatic rings. The molecular weight excluding hydrogens is 416 g/mol. The van der Waals surface area contributed by atoms with E-state index in [4.69, 9.17) is 9.47 Å². The number of benzene rings is 2. The van der Waals surface area contributed by atoms with Crippen molar-refractivity contribution >= 4 is 35.4 Å². The van der Waals surface area contributed by atoms with Crippen molar-refractivity contribution in [1.82, 2.24) is 14.8 Å². The van der Waals surface area contributed by atoms with Gasteiger partial charge in [-0.3, -0.25) is 9.36 Å². The van der Waals surface area contributed by atoms with Crippen LogP contribution in [0.1, 0.15) is 12.5 Å². The molecule has 0 saturated carbocycles. The molecule has 0 unspecified atom stereocenters. The Morgan fingerprint density at radius 2 is 1.87 bits per heavy atom. The average molecular weight is 439 g/mol. The maximum atomic E-state index is 12.3. The number of hydrogen-bond acceptors (Lipinski definition) is 7. The van der Waals surface area contributed by atoms with Crippen molar-refractivity contribution in [3.8, 4) is 11.4 Å². The van der Waals surface area contributed by atoms with Gasteiger partial charge < -0.3 is 14.8 Å². The predicted octanol–water partition coefficient (Wildman–Crippen LogP) is 3.58. The summed E-state index contributed by atoms with van der Waals surface area (Å²) >= 11 is 1.29. The molecule has 9 heteroatoms. The summed E-state index contributed by atoms with van der Waals surface area (Å²) in [5.41, 5.74) is 2.36. The van der Waals surface area contributed by atoms with Crippen LogP contribution in [0.4, 0.5) is 5.69 Å². The molecule has 1 amide bonds. The number of carbonyl (C=O) groups is 2. The molecule has 0 spiro atoms. The lowest BCUT2D eigenvalue weighted by atomic mass is 10.2. The van der Waals surface area contributed by atoms with E-state index in [9.17, 15) is 9.59 Å². The molecule has 0 aliphatic carbocycles. The summed E-state index contributed by atoms with van der Waals surface area (Å²) in [5, 5.41) is 11.5. The van der Waals surface area contributed by atoms with Crippen LogP contribution >= 0.6 is 11.8 Å². The molecule has 0 bridgehead atoms. The summed E-state index contributed by atoms with van der Waals surface area (Å²) in [6.07, 6.45) is 4.63. The summed E-state index contributed by atoms with van der Waals surface area (Å²) in [5.74, 6) is 0.385. The molecule has 1 heterocycles. The smallest absolute Gasteiger partial charge is 0.330 e. The number of methoxy groups -OCH3 is 1. The Morgan fingerprint density at radius 3 is 2.55 bits per heavy atom. The number of thioether (sulfide) groups is 1. The van der Waals surface area contributed by atoms with Crippen LogP contribution < -0.4 is 10.1 Å². The van der Waals surface area contributed by atoms with Crippen LogP contribution in [0.15, 0.2) is 66.1 Å². The summed E-state index contributed by atoms with van der Waals surface area (Å²) in [6.45, 7) is 2.09. The maximum Gasteiger partial charge on any atom is 0.330 e. The van der Waals surface area contributed by atoms with Crippen molar-refractivity contribution in [2.45, 2.75) is 12.1 Å². The fraction of sp³-hybridized carbons (Fsp3) is 0.182. The summed E-state index contributed by atoms with van der Waals surface area (Å²) in [6, 6.07) is 14.6. The van der Waals surface area contributed by atoms with Gasteiger partial charge in [0.15, 0.2) is 5.16 Å². The average Bonchev–Trinajstić information content (AvgIpc) is 3.26. The molecule has 160 valence electrons. The lowest BCUT2D eigenvalue weighted by molar-refractivity contribution is -0.137. The number of nitrogens with zero attached hydrogens (tertiary/aromatic N) is 3. The van der Waals surface area contributed by atoms with Crippen LogP contribution in [0.2, 0.25) is 0 Å². The highest BCUT2D eigenvalue weighted by molar-refractivity contribution is 7.99. The minimum atomic E-state index is -0.389. The third-order valence-corrected chi connectivity index (χ3v) is 5.04. The molecule has 0 aliphatic rings. The zero-order chi connectivity index (χ0) is 22.1. The van der Waals surface area contributed by atoms with Gasteiger partial charge in [0.2, 0.25) is 5.91 Å². The molecule has 0 radical (unpaired) electrons. The molecule has 1 N–H and O–H groups in total. The van der Waals surface area contributed by atoms with Crippen molar-refractivity contribution in [2.75, 3.05) is 24.8 Å². The molecular formula is C22H22N4O4S. The molecule has 0 saturated heterocycles. The van der Waals surface area contributed by atoms with Crippen molar-refractivity contribution in [2.24, 2.45) is 0 Å². The molecule has 2 aromatic carbocycles. The van der Waals surface area contributed by atoms with E-state index < -0.39 is 0 Å². The molecule has 0 fully saturated rings. The number of esters is 1. The SMILES string of the molecule is CCOC(=O)C=Cc1ccc(NC(=O)CSc2nncn2-c2ccc(OC)cc2)cc1. The van der Waals surface area contributed by atoms with Gasteiger partial charge in [-0.25, -0.2) is 4.79 Å². The first kappa shape index (κ1) is 22.1. The van der Waals surface area contributed by atoms with Gasteiger partial charge in [0.1, 0.15) is 12.1 Å². The van der Waals surface area contributed by atoms with Crippen LogP contribution in [0, 0.1) is 0 Å². The van der Waals surface area contributed by atoms with E-state index in [2.05, 4.69) is 15.5 Å². The molecule has 3 rings (SSSR count). The Kier molecular flexibility index (Phi) is 7.83. The number of hydrogen-bond donors (Lipinski definition) is 1. The zero-order valence-corrected chi connectivity index (χ0v) is 18.0. The van der Waals surface area contributed by atoms with Gasteiger partial charge in [-0.2, -0.15) is 0 Å². The number of ether oxygens (including phenoxy) is 2. The number of carbonyl (C=O) groups excluding carboxylic acids is 2. The second-order valence-corrected chi connectivity index (χ2v) is 7.17. The van der Waals surface area contributed by atoms with E-state index in [1.165, 1.54) is 17.8 Å². The van der Waals surface area contributed by atoms with E-state index in [1.807, 2.05) is 28.8 Å². The van der Waals surface area contributed by atoms with Crippen LogP contribution in [0.5, 0.6) is 5.75 Å². The maximum absolute atomic E-state index is 12.3. The molecule has 1 aromatic heterocycles. The van der Waals surface area contributed by atoms with Crippen molar-refractivity contribution in [3.05, 3.63) is 66.5 Å². The van der Waals surface area contributed by atoms with Gasteiger partial charge in [0.25, 0.3) is 0 Å². The molecule has 31 heavy (non-hydrogen) atoms. The van der Waals surface area contributed by atoms with Crippen LogP contribution in [0.25, 0.3) is 11.8 Å². The van der Waals surface area contributed by atoms with Gasteiger partial charge in [-0.05, 0) is 55.0 Å². The second-order valence-electron chi connectivity index (χ2n) is 6.23. The van der Waals surface area contributed by atoms with Crippen LogP contribution in [-0.4, -0.2) is 46.1 Å². The second kappa shape index (κ2) is 11.0. The quantitative estimate of drug-likeness (QED) is 0.310. The number of aromatic nitrogens is 3. The van der Waals surface area contributed by atoms with Gasteiger partial charge in [-0.1, -0.05) is 23.9 Å².